The molecule has 1 rings (SSSR count). The zero-order valence-electron chi connectivity index (χ0n) is 8.14. The topological polar surface area (TPSA) is 86.0 Å². The second-order valence-electron chi connectivity index (χ2n) is 2.66. The van der Waals surface area contributed by atoms with E-state index in [1.807, 2.05) is 18.2 Å². The number of hydrogen-bond acceptors (Lipinski definition) is 3. The third-order valence-electron chi connectivity index (χ3n) is 1.56. The van der Waals surface area contributed by atoms with Gasteiger partial charge in [0.2, 0.25) is 5.96 Å². The summed E-state index contributed by atoms with van der Waals surface area (Å²) in [5.41, 5.74) is 11.2. The number of rotatable bonds is 3. The quantitative estimate of drug-likeness (QED) is 0.376. The Bertz CT molecular complexity index is 399. The van der Waals surface area contributed by atoms with Crippen LogP contribution in [0.4, 0.5) is 0 Å². The Morgan fingerprint density at radius 1 is 1.47 bits per heavy atom. The van der Waals surface area contributed by atoms with Crippen LogP contribution in [0.3, 0.4) is 0 Å². The van der Waals surface area contributed by atoms with E-state index in [1.165, 1.54) is 0 Å². The van der Waals surface area contributed by atoms with Gasteiger partial charge in [-0.3, -0.25) is 0 Å². The highest BCUT2D eigenvalue weighted by atomic mass is 127. The molecule has 5 nitrogen and oxygen atoms in total. The van der Waals surface area contributed by atoms with E-state index in [4.69, 9.17) is 16.2 Å². The lowest BCUT2D eigenvalue weighted by atomic mass is 10.2. The summed E-state index contributed by atoms with van der Waals surface area (Å²) in [6.07, 6.45) is 1.57. The van der Waals surface area contributed by atoms with Gasteiger partial charge in [-0.25, -0.2) is 0 Å². The predicted octanol–water partition coefficient (Wildman–Crippen LogP) is 0.907. The maximum absolute atomic E-state index is 5.12. The molecule has 4 N–H and O–H groups in total. The van der Waals surface area contributed by atoms with Crippen molar-refractivity contribution in [1.82, 2.24) is 0 Å². The van der Waals surface area contributed by atoms with Gasteiger partial charge in [-0.1, -0.05) is 0 Å². The Morgan fingerprint density at radius 2 is 2.20 bits per heavy atom. The minimum atomic E-state index is -0.0607. The molecule has 0 saturated heterocycles. The number of benzene rings is 1. The maximum atomic E-state index is 5.12. The van der Waals surface area contributed by atoms with Crippen LogP contribution in [-0.2, 0) is 0 Å². The fourth-order valence-electron chi connectivity index (χ4n) is 0.925. The van der Waals surface area contributed by atoms with E-state index in [1.54, 1.807) is 13.3 Å². The van der Waals surface area contributed by atoms with Crippen molar-refractivity contribution in [2.45, 2.75) is 0 Å². The zero-order valence-corrected chi connectivity index (χ0v) is 10.3. The lowest BCUT2D eigenvalue weighted by molar-refractivity contribution is 0.412. The smallest absolute Gasteiger partial charge is 0.211 e. The first-order valence-electron chi connectivity index (χ1n) is 4.09. The molecule has 6 heteroatoms. The molecule has 1 aromatic carbocycles. The molecule has 0 fully saturated rings. The standard InChI is InChI=1S/C9H11IN4O/c1-15-8-3-2-6(4-7(8)10)5-13-14-9(11)12/h2-5H,1H3,(H4,11,12,14). The Labute approximate surface area is 101 Å². The van der Waals surface area contributed by atoms with Gasteiger partial charge in [-0.05, 0) is 46.4 Å². The summed E-state index contributed by atoms with van der Waals surface area (Å²) < 4.78 is 6.13. The molecule has 0 heterocycles. The largest absolute Gasteiger partial charge is 0.496 e. The van der Waals surface area contributed by atoms with Crippen LogP contribution >= 0.6 is 22.6 Å². The molecule has 0 amide bonds. The van der Waals surface area contributed by atoms with Crippen LogP contribution in [0.5, 0.6) is 5.75 Å². The summed E-state index contributed by atoms with van der Waals surface area (Å²) in [6.45, 7) is 0. The Balaban J connectivity index is 2.84. The molecule has 0 atom stereocenters. The van der Waals surface area contributed by atoms with Crippen molar-refractivity contribution in [3.8, 4) is 5.75 Å². The average Bonchev–Trinajstić information content (AvgIpc) is 2.17. The highest BCUT2D eigenvalue weighted by Crippen LogP contribution is 2.20. The van der Waals surface area contributed by atoms with E-state index in [-0.39, 0.29) is 5.96 Å². The SMILES string of the molecule is COc1ccc(C=NN=C(N)N)cc1I. The number of methoxy groups -OCH3 is 1. The van der Waals surface area contributed by atoms with Crippen molar-refractivity contribution in [3.63, 3.8) is 0 Å². The second-order valence-corrected chi connectivity index (χ2v) is 3.83. The lowest BCUT2D eigenvalue weighted by Gasteiger charge is -2.02. The predicted molar refractivity (Wildman–Crippen MR) is 69.1 cm³/mol. The molecule has 0 spiro atoms. The van der Waals surface area contributed by atoms with E-state index in [0.717, 1.165) is 14.9 Å². The van der Waals surface area contributed by atoms with Crippen LogP contribution in [0.1, 0.15) is 5.56 Å². The molecule has 0 aromatic heterocycles. The average molecular weight is 318 g/mol. The molecule has 0 saturated carbocycles. The van der Waals surface area contributed by atoms with Crippen LogP contribution in [-0.4, -0.2) is 19.3 Å². The maximum Gasteiger partial charge on any atom is 0.211 e. The van der Waals surface area contributed by atoms with Gasteiger partial charge in [-0.15, -0.1) is 5.10 Å². The molecule has 0 aliphatic carbocycles. The molecule has 0 unspecified atom stereocenters. The van der Waals surface area contributed by atoms with Gasteiger partial charge in [0.05, 0.1) is 16.9 Å². The van der Waals surface area contributed by atoms with Crippen LogP contribution in [0.25, 0.3) is 0 Å². The van der Waals surface area contributed by atoms with Gasteiger partial charge in [0.1, 0.15) is 5.75 Å². The molecule has 0 radical (unpaired) electrons. The third-order valence-corrected chi connectivity index (χ3v) is 2.40. The van der Waals surface area contributed by atoms with E-state index >= 15 is 0 Å². The van der Waals surface area contributed by atoms with E-state index in [0.29, 0.717) is 0 Å². The van der Waals surface area contributed by atoms with Crippen LogP contribution in [0, 0.1) is 3.57 Å². The molecular weight excluding hydrogens is 307 g/mol. The van der Waals surface area contributed by atoms with Crippen LogP contribution in [0.15, 0.2) is 28.4 Å². The lowest BCUT2D eigenvalue weighted by Crippen LogP contribution is -2.21. The van der Waals surface area contributed by atoms with Crippen molar-refractivity contribution in [3.05, 3.63) is 27.3 Å². The molecule has 15 heavy (non-hydrogen) atoms. The van der Waals surface area contributed by atoms with Gasteiger partial charge in [-0.2, -0.15) is 5.10 Å². The Hall–Kier alpha value is -1.31. The molecule has 0 aliphatic heterocycles. The van der Waals surface area contributed by atoms with Crippen molar-refractivity contribution in [1.29, 1.82) is 0 Å². The van der Waals surface area contributed by atoms with Gasteiger partial charge >= 0.3 is 0 Å². The highest BCUT2D eigenvalue weighted by Gasteiger charge is 1.98. The molecule has 0 bridgehead atoms. The van der Waals surface area contributed by atoms with Gasteiger partial charge < -0.3 is 16.2 Å². The molecule has 80 valence electrons. The second kappa shape index (κ2) is 5.54. The summed E-state index contributed by atoms with van der Waals surface area (Å²) in [6, 6.07) is 5.65. The van der Waals surface area contributed by atoms with Gasteiger partial charge in [0.15, 0.2) is 0 Å². The zero-order chi connectivity index (χ0) is 11.3. The third kappa shape index (κ3) is 3.74. The highest BCUT2D eigenvalue weighted by molar-refractivity contribution is 14.1. The fraction of sp³-hybridized carbons (Fsp3) is 0.111. The summed E-state index contributed by atoms with van der Waals surface area (Å²) >= 11 is 2.18. The first-order valence-corrected chi connectivity index (χ1v) is 5.17. The van der Waals surface area contributed by atoms with Crippen molar-refractivity contribution in [2.24, 2.45) is 21.7 Å². The van der Waals surface area contributed by atoms with Crippen molar-refractivity contribution >= 4 is 34.8 Å². The minimum Gasteiger partial charge on any atom is -0.496 e. The fourth-order valence-corrected chi connectivity index (χ4v) is 1.68. The number of nitrogens with zero attached hydrogens (tertiary/aromatic N) is 2. The number of ether oxygens (including phenoxy) is 1. The van der Waals surface area contributed by atoms with Crippen LogP contribution < -0.4 is 16.2 Å². The summed E-state index contributed by atoms with van der Waals surface area (Å²) in [7, 11) is 1.63. The number of guanidine groups is 1. The molecule has 0 aliphatic rings. The van der Waals surface area contributed by atoms with Gasteiger partial charge in [0, 0.05) is 0 Å². The molecular formula is C9H11IN4O. The molecule has 1 aromatic rings. The van der Waals surface area contributed by atoms with Crippen molar-refractivity contribution < 1.29 is 4.74 Å². The van der Waals surface area contributed by atoms with E-state index in [9.17, 15) is 0 Å². The first kappa shape index (κ1) is 11.8. The van der Waals surface area contributed by atoms with Crippen molar-refractivity contribution in [2.75, 3.05) is 7.11 Å². The minimum absolute atomic E-state index is 0.0607. The summed E-state index contributed by atoms with van der Waals surface area (Å²) in [5, 5.41) is 7.21. The van der Waals surface area contributed by atoms with E-state index < -0.39 is 0 Å². The first-order chi connectivity index (χ1) is 7.13. The monoisotopic (exact) mass is 318 g/mol. The summed E-state index contributed by atoms with van der Waals surface area (Å²) in [5.74, 6) is 0.768. The summed E-state index contributed by atoms with van der Waals surface area (Å²) in [4.78, 5) is 0. The number of halogens is 1. The number of nitrogens with two attached hydrogens (primary N) is 2. The Kier molecular flexibility index (Phi) is 4.35. The Morgan fingerprint density at radius 3 is 2.73 bits per heavy atom. The van der Waals surface area contributed by atoms with Crippen LogP contribution in [0.2, 0.25) is 0 Å². The number of hydrogen-bond donors (Lipinski definition) is 2. The normalized spacial score (nSPS) is 10.3. The van der Waals surface area contributed by atoms with Gasteiger partial charge in [0.25, 0.3) is 0 Å². The van der Waals surface area contributed by atoms with E-state index in [2.05, 4.69) is 32.8 Å².